The second kappa shape index (κ2) is 7.67. The van der Waals surface area contributed by atoms with Gasteiger partial charge in [-0.2, -0.15) is 0 Å². The van der Waals surface area contributed by atoms with E-state index in [4.69, 9.17) is 5.73 Å². The smallest absolute Gasteiger partial charge is 0.234 e. The molecule has 1 amide bonds. The molecule has 1 aliphatic carbocycles. The highest BCUT2D eigenvalue weighted by Gasteiger charge is 2.26. The van der Waals surface area contributed by atoms with E-state index < -0.39 is 0 Å². The minimum Gasteiger partial charge on any atom is -0.352 e. The lowest BCUT2D eigenvalue weighted by molar-refractivity contribution is -0.124. The maximum Gasteiger partial charge on any atom is 0.234 e. The van der Waals surface area contributed by atoms with Gasteiger partial charge in [0.05, 0.1) is 6.54 Å². The summed E-state index contributed by atoms with van der Waals surface area (Å²) in [6.07, 6.45) is 5.74. The van der Waals surface area contributed by atoms with Crippen LogP contribution in [0.15, 0.2) is 0 Å². The molecule has 0 atom stereocenters. The van der Waals surface area contributed by atoms with E-state index in [0.29, 0.717) is 25.2 Å². The molecule has 0 spiro atoms. The van der Waals surface area contributed by atoms with E-state index in [1.807, 2.05) is 0 Å². The van der Waals surface area contributed by atoms with Crippen LogP contribution in [0.25, 0.3) is 0 Å². The summed E-state index contributed by atoms with van der Waals surface area (Å²) in [4.78, 5) is 14.1. The van der Waals surface area contributed by atoms with Crippen molar-refractivity contribution >= 4 is 5.91 Å². The number of hydrogen-bond donors (Lipinski definition) is 2. The maximum atomic E-state index is 11.9. The van der Waals surface area contributed by atoms with Gasteiger partial charge in [0.15, 0.2) is 0 Å². The minimum absolute atomic E-state index is 0.152. The van der Waals surface area contributed by atoms with E-state index in [1.54, 1.807) is 0 Å². The molecule has 1 aliphatic rings. The van der Waals surface area contributed by atoms with Crippen LogP contribution < -0.4 is 11.1 Å². The summed E-state index contributed by atoms with van der Waals surface area (Å²) in [5.41, 5.74) is 5.60. The van der Waals surface area contributed by atoms with Crippen LogP contribution in [0.1, 0.15) is 46.0 Å². The van der Waals surface area contributed by atoms with E-state index >= 15 is 0 Å². The van der Waals surface area contributed by atoms with Crippen molar-refractivity contribution in [3.8, 4) is 0 Å². The van der Waals surface area contributed by atoms with Gasteiger partial charge < -0.3 is 11.1 Å². The quantitative estimate of drug-likeness (QED) is 0.669. The molecular weight excluding hydrogens is 214 g/mol. The maximum absolute atomic E-state index is 11.9. The minimum atomic E-state index is 0.152. The summed E-state index contributed by atoms with van der Waals surface area (Å²) >= 11 is 0. The van der Waals surface area contributed by atoms with Gasteiger partial charge in [0.1, 0.15) is 0 Å². The first-order chi connectivity index (χ1) is 8.21. The molecule has 1 fully saturated rings. The predicted octanol–water partition coefficient (Wildman–Crippen LogP) is 1.10. The highest BCUT2D eigenvalue weighted by Crippen LogP contribution is 2.24. The standard InChI is InChI=1S/C13H27N3O/c1-3-11(4-2)15-13(17)10-16(9-8-14)12-6-5-7-12/h11-12H,3-10,14H2,1-2H3,(H,15,17). The molecule has 0 aromatic rings. The summed E-state index contributed by atoms with van der Waals surface area (Å²) in [6, 6.07) is 0.912. The Balaban J connectivity index is 2.34. The van der Waals surface area contributed by atoms with E-state index in [2.05, 4.69) is 24.1 Å². The van der Waals surface area contributed by atoms with Crippen molar-refractivity contribution in [1.82, 2.24) is 10.2 Å². The van der Waals surface area contributed by atoms with Crippen LogP contribution in [0, 0.1) is 0 Å². The van der Waals surface area contributed by atoms with Crippen molar-refractivity contribution in [2.75, 3.05) is 19.6 Å². The second-order valence-corrected chi connectivity index (χ2v) is 4.92. The Morgan fingerprint density at radius 2 is 2.06 bits per heavy atom. The normalized spacial score (nSPS) is 16.3. The second-order valence-electron chi connectivity index (χ2n) is 4.92. The molecule has 0 aromatic heterocycles. The van der Waals surface area contributed by atoms with Crippen LogP contribution in [-0.2, 0) is 4.79 Å². The summed E-state index contributed by atoms with van der Waals surface area (Å²) in [5.74, 6) is 0.152. The van der Waals surface area contributed by atoms with Crippen LogP contribution >= 0.6 is 0 Å². The first kappa shape index (κ1) is 14.5. The predicted molar refractivity (Wildman–Crippen MR) is 70.8 cm³/mol. The van der Waals surface area contributed by atoms with Gasteiger partial charge in [0.2, 0.25) is 5.91 Å². The first-order valence-electron chi connectivity index (χ1n) is 6.94. The van der Waals surface area contributed by atoms with Crippen LogP contribution in [0.3, 0.4) is 0 Å². The van der Waals surface area contributed by atoms with E-state index in [-0.39, 0.29) is 5.91 Å². The molecule has 0 heterocycles. The number of amides is 1. The SMILES string of the molecule is CCC(CC)NC(=O)CN(CCN)C1CCC1. The molecule has 3 N–H and O–H groups in total. The Morgan fingerprint density at radius 3 is 2.47 bits per heavy atom. The van der Waals surface area contributed by atoms with Crippen molar-refractivity contribution in [2.24, 2.45) is 5.73 Å². The summed E-state index contributed by atoms with van der Waals surface area (Å²) in [6.45, 7) is 6.20. The highest BCUT2D eigenvalue weighted by atomic mass is 16.2. The lowest BCUT2D eigenvalue weighted by Crippen LogP contribution is -2.49. The van der Waals surface area contributed by atoms with E-state index in [1.165, 1.54) is 19.3 Å². The van der Waals surface area contributed by atoms with Crippen LogP contribution in [0.2, 0.25) is 0 Å². The molecule has 1 saturated carbocycles. The topological polar surface area (TPSA) is 58.4 Å². The fraction of sp³-hybridized carbons (Fsp3) is 0.923. The van der Waals surface area contributed by atoms with Gasteiger partial charge in [-0.1, -0.05) is 20.3 Å². The fourth-order valence-electron chi connectivity index (χ4n) is 2.26. The zero-order valence-electron chi connectivity index (χ0n) is 11.2. The van der Waals surface area contributed by atoms with Crippen molar-refractivity contribution in [3.05, 3.63) is 0 Å². The Hall–Kier alpha value is -0.610. The zero-order chi connectivity index (χ0) is 12.7. The molecular formula is C13H27N3O. The summed E-state index contributed by atoms with van der Waals surface area (Å²) < 4.78 is 0. The van der Waals surface area contributed by atoms with Crippen molar-refractivity contribution in [3.63, 3.8) is 0 Å². The number of nitrogens with one attached hydrogen (secondary N) is 1. The largest absolute Gasteiger partial charge is 0.352 e. The van der Waals surface area contributed by atoms with Crippen LogP contribution in [-0.4, -0.2) is 42.5 Å². The van der Waals surface area contributed by atoms with Gasteiger partial charge in [-0.15, -0.1) is 0 Å². The van der Waals surface area contributed by atoms with Gasteiger partial charge >= 0.3 is 0 Å². The van der Waals surface area contributed by atoms with Gasteiger partial charge in [0, 0.05) is 25.2 Å². The van der Waals surface area contributed by atoms with E-state index in [0.717, 1.165) is 19.4 Å². The van der Waals surface area contributed by atoms with Crippen molar-refractivity contribution < 1.29 is 4.79 Å². The van der Waals surface area contributed by atoms with Crippen molar-refractivity contribution in [2.45, 2.75) is 58.0 Å². The molecule has 0 saturated heterocycles. The molecule has 0 aromatic carbocycles. The molecule has 0 bridgehead atoms. The molecule has 0 unspecified atom stereocenters. The van der Waals surface area contributed by atoms with Crippen molar-refractivity contribution in [1.29, 1.82) is 0 Å². The highest BCUT2D eigenvalue weighted by molar-refractivity contribution is 5.78. The molecule has 0 aliphatic heterocycles. The number of carbonyl (C=O) groups excluding carboxylic acids is 1. The molecule has 1 rings (SSSR count). The zero-order valence-corrected chi connectivity index (χ0v) is 11.2. The van der Waals surface area contributed by atoms with Gasteiger partial charge in [-0.3, -0.25) is 9.69 Å². The lowest BCUT2D eigenvalue weighted by atomic mass is 9.91. The molecule has 100 valence electrons. The van der Waals surface area contributed by atoms with Gasteiger partial charge in [-0.05, 0) is 25.7 Å². The van der Waals surface area contributed by atoms with Crippen LogP contribution in [0.4, 0.5) is 0 Å². The molecule has 4 heteroatoms. The van der Waals surface area contributed by atoms with Gasteiger partial charge in [0.25, 0.3) is 0 Å². The number of nitrogens with two attached hydrogens (primary N) is 1. The van der Waals surface area contributed by atoms with Gasteiger partial charge in [-0.25, -0.2) is 0 Å². The third-order valence-electron chi connectivity index (χ3n) is 3.70. The lowest BCUT2D eigenvalue weighted by Gasteiger charge is -2.37. The Bertz CT molecular complexity index is 225. The Morgan fingerprint density at radius 1 is 1.41 bits per heavy atom. The number of nitrogens with zero attached hydrogens (tertiary/aromatic N) is 1. The number of hydrogen-bond acceptors (Lipinski definition) is 3. The fourth-order valence-corrected chi connectivity index (χ4v) is 2.26. The molecule has 0 radical (unpaired) electrons. The average Bonchev–Trinajstić information content (AvgIpc) is 2.23. The first-order valence-corrected chi connectivity index (χ1v) is 6.94. The third kappa shape index (κ3) is 4.64. The van der Waals surface area contributed by atoms with Crippen LogP contribution in [0.5, 0.6) is 0 Å². The Labute approximate surface area is 105 Å². The number of carbonyl (C=O) groups is 1. The molecule has 4 nitrogen and oxygen atoms in total. The summed E-state index contributed by atoms with van der Waals surface area (Å²) in [7, 11) is 0. The summed E-state index contributed by atoms with van der Waals surface area (Å²) in [5, 5.41) is 3.09. The van der Waals surface area contributed by atoms with E-state index in [9.17, 15) is 4.79 Å². The molecule has 17 heavy (non-hydrogen) atoms. The monoisotopic (exact) mass is 241 g/mol. The third-order valence-corrected chi connectivity index (χ3v) is 3.70. The Kier molecular flexibility index (Phi) is 6.52. The number of rotatable bonds is 8. The average molecular weight is 241 g/mol.